The van der Waals surface area contributed by atoms with Gasteiger partial charge in [0.2, 0.25) is 11.8 Å². The van der Waals surface area contributed by atoms with E-state index in [0.29, 0.717) is 17.8 Å². The maximum atomic E-state index is 12.3. The number of benzene rings is 2. The van der Waals surface area contributed by atoms with E-state index < -0.39 is 11.4 Å². The van der Waals surface area contributed by atoms with Crippen LogP contribution in [0.1, 0.15) is 48.7 Å². The largest absolute Gasteiger partial charge is 0.478 e. The standard InChI is InChI=1S/C22H26N2O4/c1-14-5-11-17(23-21(28)22(2,3)4)13-18(14)24-19(25)12-8-15-6-9-16(10-7-15)20(26)27/h5-7,9-11,13H,8,12H2,1-4H3,(H,23,28)(H,24,25)(H,26,27). The highest BCUT2D eigenvalue weighted by Crippen LogP contribution is 2.23. The SMILES string of the molecule is Cc1ccc(NC(=O)C(C)(C)C)cc1NC(=O)CCc1ccc(C(=O)O)cc1. The number of aromatic carboxylic acids is 1. The minimum absolute atomic E-state index is 0.0987. The van der Waals surface area contributed by atoms with Gasteiger partial charge in [-0.1, -0.05) is 39.0 Å². The third kappa shape index (κ3) is 5.94. The first-order valence-electron chi connectivity index (χ1n) is 9.10. The minimum Gasteiger partial charge on any atom is -0.478 e. The smallest absolute Gasteiger partial charge is 0.335 e. The van der Waals surface area contributed by atoms with Crippen molar-refractivity contribution in [1.82, 2.24) is 0 Å². The highest BCUT2D eigenvalue weighted by atomic mass is 16.4. The molecule has 28 heavy (non-hydrogen) atoms. The maximum absolute atomic E-state index is 12.3. The maximum Gasteiger partial charge on any atom is 0.335 e. The van der Waals surface area contributed by atoms with Crippen LogP contribution in [-0.2, 0) is 16.0 Å². The number of anilines is 2. The molecule has 0 spiro atoms. The average molecular weight is 382 g/mol. The molecular weight excluding hydrogens is 356 g/mol. The zero-order valence-corrected chi connectivity index (χ0v) is 16.6. The summed E-state index contributed by atoms with van der Waals surface area (Å²) in [4.78, 5) is 35.3. The van der Waals surface area contributed by atoms with Gasteiger partial charge in [-0.25, -0.2) is 4.79 Å². The number of rotatable bonds is 6. The van der Waals surface area contributed by atoms with Gasteiger partial charge in [-0.05, 0) is 48.7 Å². The summed E-state index contributed by atoms with van der Waals surface area (Å²) in [7, 11) is 0. The van der Waals surface area contributed by atoms with Crippen molar-refractivity contribution in [1.29, 1.82) is 0 Å². The number of carbonyl (C=O) groups is 3. The first-order valence-corrected chi connectivity index (χ1v) is 9.10. The number of nitrogens with one attached hydrogen (secondary N) is 2. The Morgan fingerprint density at radius 1 is 0.964 bits per heavy atom. The summed E-state index contributed by atoms with van der Waals surface area (Å²) in [5.41, 5.74) is 2.78. The third-order valence-electron chi connectivity index (χ3n) is 4.29. The summed E-state index contributed by atoms with van der Waals surface area (Å²) < 4.78 is 0. The Hall–Kier alpha value is -3.15. The van der Waals surface area contributed by atoms with Crippen LogP contribution in [0.5, 0.6) is 0 Å². The fraction of sp³-hybridized carbons (Fsp3) is 0.318. The van der Waals surface area contributed by atoms with Gasteiger partial charge < -0.3 is 15.7 Å². The molecule has 6 nitrogen and oxygen atoms in total. The Kier molecular flexibility index (Phi) is 6.57. The van der Waals surface area contributed by atoms with Gasteiger partial charge in [0.1, 0.15) is 0 Å². The second-order valence-corrected chi connectivity index (χ2v) is 7.78. The lowest BCUT2D eigenvalue weighted by Gasteiger charge is -2.18. The normalized spacial score (nSPS) is 11.0. The van der Waals surface area contributed by atoms with Crippen molar-refractivity contribution in [2.75, 3.05) is 10.6 Å². The molecule has 0 saturated heterocycles. The fourth-order valence-electron chi connectivity index (χ4n) is 2.44. The van der Waals surface area contributed by atoms with Gasteiger partial charge in [0, 0.05) is 23.2 Å². The number of carbonyl (C=O) groups excluding carboxylic acids is 2. The monoisotopic (exact) mass is 382 g/mol. The van der Waals surface area contributed by atoms with Crippen LogP contribution in [0.15, 0.2) is 42.5 Å². The van der Waals surface area contributed by atoms with Crippen LogP contribution in [0.4, 0.5) is 11.4 Å². The molecule has 0 bridgehead atoms. The van der Waals surface area contributed by atoms with Crippen molar-refractivity contribution in [3.05, 3.63) is 59.2 Å². The average Bonchev–Trinajstić information content (AvgIpc) is 2.62. The van der Waals surface area contributed by atoms with Gasteiger partial charge in [0.15, 0.2) is 0 Å². The van der Waals surface area contributed by atoms with E-state index in [0.717, 1.165) is 11.1 Å². The molecule has 0 heterocycles. The predicted molar refractivity (Wildman–Crippen MR) is 110 cm³/mol. The van der Waals surface area contributed by atoms with E-state index in [-0.39, 0.29) is 23.8 Å². The molecule has 0 radical (unpaired) electrons. The summed E-state index contributed by atoms with van der Waals surface area (Å²) in [6.45, 7) is 7.39. The van der Waals surface area contributed by atoms with Crippen LogP contribution in [0.3, 0.4) is 0 Å². The first kappa shape index (κ1) is 21.2. The number of carboxylic acids is 1. The zero-order valence-electron chi connectivity index (χ0n) is 16.6. The van der Waals surface area contributed by atoms with E-state index in [2.05, 4.69) is 10.6 Å². The van der Waals surface area contributed by atoms with Crippen LogP contribution in [-0.4, -0.2) is 22.9 Å². The molecule has 2 aromatic carbocycles. The summed E-state index contributed by atoms with van der Waals surface area (Å²) in [6, 6.07) is 11.9. The highest BCUT2D eigenvalue weighted by Gasteiger charge is 2.21. The van der Waals surface area contributed by atoms with E-state index >= 15 is 0 Å². The lowest BCUT2D eigenvalue weighted by Crippen LogP contribution is -2.27. The van der Waals surface area contributed by atoms with Crippen molar-refractivity contribution in [3.8, 4) is 0 Å². The molecule has 0 fully saturated rings. The molecule has 3 N–H and O–H groups in total. The van der Waals surface area contributed by atoms with Gasteiger partial charge in [-0.2, -0.15) is 0 Å². The summed E-state index contributed by atoms with van der Waals surface area (Å²) in [5.74, 6) is -1.22. The van der Waals surface area contributed by atoms with Crippen molar-refractivity contribution < 1.29 is 19.5 Å². The van der Waals surface area contributed by atoms with Gasteiger partial charge >= 0.3 is 5.97 Å². The molecule has 0 aliphatic heterocycles. The Balaban J connectivity index is 1.98. The molecular formula is C22H26N2O4. The van der Waals surface area contributed by atoms with Crippen LogP contribution in [0, 0.1) is 12.3 Å². The molecule has 0 aromatic heterocycles. The van der Waals surface area contributed by atoms with Crippen molar-refractivity contribution in [2.45, 2.75) is 40.5 Å². The van der Waals surface area contributed by atoms with Gasteiger partial charge in [0.05, 0.1) is 5.56 Å². The van der Waals surface area contributed by atoms with Crippen LogP contribution >= 0.6 is 0 Å². The van der Waals surface area contributed by atoms with E-state index in [1.165, 1.54) is 12.1 Å². The van der Waals surface area contributed by atoms with Gasteiger partial charge in [-0.3, -0.25) is 9.59 Å². The topological polar surface area (TPSA) is 95.5 Å². The molecule has 0 unspecified atom stereocenters. The number of hydrogen-bond donors (Lipinski definition) is 3. The van der Waals surface area contributed by atoms with Crippen molar-refractivity contribution in [3.63, 3.8) is 0 Å². The quantitative estimate of drug-likeness (QED) is 0.696. The Bertz CT molecular complexity index is 880. The Morgan fingerprint density at radius 3 is 2.18 bits per heavy atom. The van der Waals surface area contributed by atoms with E-state index in [9.17, 15) is 14.4 Å². The van der Waals surface area contributed by atoms with E-state index in [4.69, 9.17) is 5.11 Å². The highest BCUT2D eigenvalue weighted by molar-refractivity contribution is 5.96. The van der Waals surface area contributed by atoms with Crippen LogP contribution in [0.2, 0.25) is 0 Å². The van der Waals surface area contributed by atoms with E-state index in [1.807, 2.05) is 33.8 Å². The van der Waals surface area contributed by atoms with Gasteiger partial charge in [0.25, 0.3) is 0 Å². The number of aryl methyl sites for hydroxylation is 2. The molecule has 6 heteroatoms. The molecule has 2 amide bonds. The van der Waals surface area contributed by atoms with Crippen molar-refractivity contribution in [2.24, 2.45) is 5.41 Å². The lowest BCUT2D eigenvalue weighted by molar-refractivity contribution is -0.123. The molecule has 0 aliphatic carbocycles. The minimum atomic E-state index is -0.974. The van der Waals surface area contributed by atoms with Gasteiger partial charge in [-0.15, -0.1) is 0 Å². The lowest BCUT2D eigenvalue weighted by atomic mass is 9.95. The summed E-state index contributed by atoms with van der Waals surface area (Å²) >= 11 is 0. The van der Waals surface area contributed by atoms with E-state index in [1.54, 1.807) is 24.3 Å². The summed E-state index contributed by atoms with van der Waals surface area (Å²) in [6.07, 6.45) is 0.773. The molecule has 0 atom stereocenters. The second kappa shape index (κ2) is 8.69. The Morgan fingerprint density at radius 2 is 1.61 bits per heavy atom. The molecule has 2 aromatic rings. The fourth-order valence-corrected chi connectivity index (χ4v) is 2.44. The van der Waals surface area contributed by atoms with Crippen LogP contribution in [0.25, 0.3) is 0 Å². The van der Waals surface area contributed by atoms with Crippen molar-refractivity contribution >= 4 is 29.2 Å². The molecule has 148 valence electrons. The molecule has 2 rings (SSSR count). The molecule has 0 aliphatic rings. The molecule has 0 saturated carbocycles. The summed E-state index contributed by atoms with van der Waals surface area (Å²) in [5, 5.41) is 14.6. The second-order valence-electron chi connectivity index (χ2n) is 7.78. The predicted octanol–water partition coefficient (Wildman–Crippen LogP) is 4.25. The first-order chi connectivity index (χ1) is 13.1. The zero-order chi connectivity index (χ0) is 20.9. The Labute approximate surface area is 165 Å². The van der Waals surface area contributed by atoms with Crippen LogP contribution < -0.4 is 10.6 Å². The third-order valence-corrected chi connectivity index (χ3v) is 4.29. The number of carboxylic acid groups (broad SMARTS) is 1. The number of hydrogen-bond acceptors (Lipinski definition) is 3. The number of amides is 2.